The predicted octanol–water partition coefficient (Wildman–Crippen LogP) is 2.58. The van der Waals surface area contributed by atoms with Crippen LogP contribution in [-0.4, -0.2) is 51.2 Å². The number of fused-ring (bicyclic) bond motifs is 3. The van der Waals surface area contributed by atoms with Gasteiger partial charge in [-0.2, -0.15) is 13.2 Å². The molecule has 1 unspecified atom stereocenters. The number of halogens is 4. The average molecular weight is 383 g/mol. The predicted molar refractivity (Wildman–Crippen MR) is 90.0 cm³/mol. The largest absolute Gasteiger partial charge is 0.401 e. The minimum atomic E-state index is -4.26. The molecule has 1 saturated heterocycles. The third kappa shape index (κ3) is 2.93. The maximum Gasteiger partial charge on any atom is 0.401 e. The lowest BCUT2D eigenvalue weighted by Gasteiger charge is -2.24. The van der Waals surface area contributed by atoms with Crippen molar-refractivity contribution in [2.45, 2.75) is 24.9 Å². The van der Waals surface area contributed by atoms with Crippen LogP contribution in [-0.2, 0) is 5.41 Å². The summed E-state index contributed by atoms with van der Waals surface area (Å²) in [6.07, 6.45) is -2.06. The van der Waals surface area contributed by atoms with Gasteiger partial charge in [-0.25, -0.2) is 13.9 Å². The minimum Gasteiger partial charge on any atom is -0.366 e. The first kappa shape index (κ1) is 17.8. The van der Waals surface area contributed by atoms with E-state index < -0.39 is 29.9 Å². The Morgan fingerprint density at radius 2 is 2.15 bits per heavy atom. The molecule has 3 aromatic rings. The number of alkyl halides is 3. The van der Waals surface area contributed by atoms with Crippen molar-refractivity contribution < 1.29 is 22.4 Å². The highest BCUT2D eigenvalue weighted by atomic mass is 19.4. The minimum absolute atomic E-state index is 0.0128. The molecule has 0 bridgehead atoms. The van der Waals surface area contributed by atoms with Crippen LogP contribution in [0.4, 0.5) is 17.6 Å². The lowest BCUT2D eigenvalue weighted by atomic mass is 9.83. The Kier molecular flexibility index (Phi) is 3.74. The number of likely N-dealkylation sites (tertiary alicyclic amines) is 1. The molecule has 144 valence electrons. The highest BCUT2D eigenvalue weighted by Crippen LogP contribution is 2.38. The molecule has 1 fully saturated rings. The van der Waals surface area contributed by atoms with E-state index in [1.807, 2.05) is 6.92 Å². The lowest BCUT2D eigenvalue weighted by Crippen LogP contribution is -2.35. The van der Waals surface area contributed by atoms with Gasteiger partial charge in [0.1, 0.15) is 11.3 Å². The molecule has 1 aromatic carbocycles. The van der Waals surface area contributed by atoms with E-state index in [0.717, 1.165) is 11.6 Å². The number of nitrogens with one attached hydrogen (secondary N) is 1. The van der Waals surface area contributed by atoms with Gasteiger partial charge in [-0.15, -0.1) is 0 Å². The number of carbonyl (C=O) groups excluding carboxylic acids is 1. The Hall–Kier alpha value is -2.62. The summed E-state index contributed by atoms with van der Waals surface area (Å²) in [6, 6.07) is 2.24. The van der Waals surface area contributed by atoms with Crippen LogP contribution >= 0.6 is 0 Å². The highest BCUT2D eigenvalue weighted by molar-refractivity contribution is 6.05. The van der Waals surface area contributed by atoms with Crippen molar-refractivity contribution in [2.75, 3.05) is 19.6 Å². The summed E-state index contributed by atoms with van der Waals surface area (Å²) in [5, 5.41) is 2.97. The summed E-state index contributed by atoms with van der Waals surface area (Å²) >= 11 is 0. The number of benzene rings is 1. The van der Waals surface area contributed by atoms with E-state index in [-0.39, 0.29) is 17.6 Å². The van der Waals surface area contributed by atoms with Crippen molar-refractivity contribution in [2.24, 2.45) is 5.73 Å². The summed E-state index contributed by atoms with van der Waals surface area (Å²) < 4.78 is 53.5. The second-order valence-electron chi connectivity index (χ2n) is 7.28. The zero-order valence-corrected chi connectivity index (χ0v) is 14.4. The van der Waals surface area contributed by atoms with E-state index in [9.17, 15) is 22.4 Å². The van der Waals surface area contributed by atoms with Gasteiger partial charge in [-0.1, -0.05) is 6.92 Å². The molecule has 1 aliphatic heterocycles. The summed E-state index contributed by atoms with van der Waals surface area (Å²) in [5.41, 5.74) is 6.56. The number of aromatic nitrogens is 3. The van der Waals surface area contributed by atoms with E-state index >= 15 is 0 Å². The number of amides is 1. The molecule has 0 saturated carbocycles. The summed E-state index contributed by atoms with van der Waals surface area (Å²) in [4.78, 5) is 17.5. The first-order chi connectivity index (χ1) is 12.6. The molecular weight excluding hydrogens is 366 g/mol. The normalized spacial score (nSPS) is 21.5. The summed E-state index contributed by atoms with van der Waals surface area (Å²) in [5.74, 6) is -1.43. The Bertz CT molecular complexity index is 1050. The summed E-state index contributed by atoms with van der Waals surface area (Å²) in [7, 11) is 0. The Balaban J connectivity index is 1.80. The van der Waals surface area contributed by atoms with Crippen molar-refractivity contribution in [3.63, 3.8) is 0 Å². The van der Waals surface area contributed by atoms with Crippen molar-refractivity contribution in [1.29, 1.82) is 0 Å². The number of carbonyl (C=O) groups is 1. The maximum atomic E-state index is 13.8. The Labute approximate surface area is 150 Å². The molecular formula is C17H17F4N5O. The van der Waals surface area contributed by atoms with Gasteiger partial charge in [0.25, 0.3) is 5.91 Å². The second-order valence-corrected chi connectivity index (χ2v) is 7.28. The zero-order valence-electron chi connectivity index (χ0n) is 14.4. The van der Waals surface area contributed by atoms with Gasteiger partial charge in [0.2, 0.25) is 0 Å². The number of imidazole rings is 1. The van der Waals surface area contributed by atoms with Gasteiger partial charge in [0, 0.05) is 29.8 Å². The molecule has 3 heterocycles. The van der Waals surface area contributed by atoms with Crippen LogP contribution in [0.15, 0.2) is 18.3 Å². The smallest absolute Gasteiger partial charge is 0.366 e. The molecule has 27 heavy (non-hydrogen) atoms. The lowest BCUT2D eigenvalue weighted by molar-refractivity contribution is -0.143. The van der Waals surface area contributed by atoms with Crippen LogP contribution in [0.1, 0.15) is 29.3 Å². The quantitative estimate of drug-likeness (QED) is 0.683. The Morgan fingerprint density at radius 1 is 1.41 bits per heavy atom. The van der Waals surface area contributed by atoms with E-state index in [1.54, 1.807) is 6.20 Å². The van der Waals surface area contributed by atoms with Gasteiger partial charge >= 0.3 is 6.18 Å². The average Bonchev–Trinajstić information content (AvgIpc) is 3.18. The van der Waals surface area contributed by atoms with Crippen LogP contribution in [0.2, 0.25) is 0 Å². The molecule has 6 nitrogen and oxygen atoms in total. The molecule has 10 heteroatoms. The van der Waals surface area contributed by atoms with Gasteiger partial charge in [-0.05, 0) is 19.0 Å². The van der Waals surface area contributed by atoms with Crippen LogP contribution in [0.5, 0.6) is 0 Å². The third-order valence-electron chi connectivity index (χ3n) is 5.17. The number of aromatic amines is 1. The molecule has 0 spiro atoms. The van der Waals surface area contributed by atoms with E-state index in [4.69, 9.17) is 5.73 Å². The fourth-order valence-electron chi connectivity index (χ4n) is 3.97. The molecule has 3 N–H and O–H groups in total. The van der Waals surface area contributed by atoms with Crippen LogP contribution in [0, 0.1) is 5.82 Å². The maximum absolute atomic E-state index is 13.8. The zero-order chi connectivity index (χ0) is 19.6. The number of H-pyrrole nitrogens is 1. The first-order valence-electron chi connectivity index (χ1n) is 8.36. The molecule has 2 aromatic heterocycles. The second kappa shape index (κ2) is 5.69. The van der Waals surface area contributed by atoms with Crippen molar-refractivity contribution in [3.8, 4) is 0 Å². The van der Waals surface area contributed by atoms with Crippen LogP contribution in [0.25, 0.3) is 16.7 Å². The summed E-state index contributed by atoms with van der Waals surface area (Å²) in [6.45, 7) is 1.45. The Morgan fingerprint density at radius 3 is 2.81 bits per heavy atom. The SMILES string of the molecule is CC1(c2c[nH]n3c2nc2cc(F)cc(C(N)=O)c23)CCN(CC(F)(F)F)C1. The fraction of sp³-hybridized carbons (Fsp3) is 0.412. The third-order valence-corrected chi connectivity index (χ3v) is 5.17. The van der Waals surface area contributed by atoms with E-state index in [0.29, 0.717) is 24.1 Å². The van der Waals surface area contributed by atoms with Gasteiger partial charge in [0.15, 0.2) is 5.65 Å². The van der Waals surface area contributed by atoms with E-state index in [1.165, 1.54) is 15.5 Å². The van der Waals surface area contributed by atoms with Gasteiger partial charge in [0.05, 0.1) is 17.6 Å². The highest BCUT2D eigenvalue weighted by Gasteiger charge is 2.42. The van der Waals surface area contributed by atoms with E-state index in [2.05, 4.69) is 10.1 Å². The number of hydrogen-bond donors (Lipinski definition) is 2. The molecule has 1 aliphatic rings. The standard InChI is InChI=1S/C17H17F4N5O/c1-16(2-3-25(7-16)8-17(19,20)21)11-6-23-26-13-10(14(22)27)4-9(18)5-12(13)24-15(11)26/h4-6,23H,2-3,7-8H2,1H3,(H2,22,27). The topological polar surface area (TPSA) is 79.4 Å². The van der Waals surface area contributed by atoms with Crippen molar-refractivity contribution in [3.05, 3.63) is 35.3 Å². The van der Waals surface area contributed by atoms with Crippen LogP contribution in [0.3, 0.4) is 0 Å². The monoisotopic (exact) mass is 383 g/mol. The van der Waals surface area contributed by atoms with Gasteiger partial charge < -0.3 is 5.73 Å². The number of primary amides is 1. The van der Waals surface area contributed by atoms with Gasteiger partial charge in [-0.3, -0.25) is 14.8 Å². The van der Waals surface area contributed by atoms with Crippen molar-refractivity contribution >= 4 is 22.6 Å². The fourth-order valence-corrected chi connectivity index (χ4v) is 3.97. The molecule has 1 atom stereocenters. The number of hydrogen-bond acceptors (Lipinski definition) is 3. The number of rotatable bonds is 3. The molecule has 0 aliphatic carbocycles. The van der Waals surface area contributed by atoms with Crippen molar-refractivity contribution in [1.82, 2.24) is 19.5 Å². The molecule has 1 amide bonds. The number of nitrogens with zero attached hydrogens (tertiary/aromatic N) is 3. The first-order valence-corrected chi connectivity index (χ1v) is 8.36. The number of nitrogens with two attached hydrogens (primary N) is 1. The molecule has 0 radical (unpaired) electrons. The molecule has 4 rings (SSSR count). The van der Waals surface area contributed by atoms with Crippen LogP contribution < -0.4 is 5.73 Å².